The smallest absolute Gasteiger partial charge is 0.456 e. The van der Waals surface area contributed by atoms with E-state index in [1.54, 1.807) is 59.9 Å². The normalized spacial score (nSPS) is 11.8. The number of hydrogen-bond donors (Lipinski definition) is 1. The number of benzene rings is 1. The van der Waals surface area contributed by atoms with Crippen LogP contribution in [0.25, 0.3) is 0 Å². The number of thioether (sulfide) groups is 1. The summed E-state index contributed by atoms with van der Waals surface area (Å²) in [7, 11) is 0. The zero-order valence-corrected chi connectivity index (χ0v) is 16.6. The van der Waals surface area contributed by atoms with E-state index >= 15 is 0 Å². The van der Waals surface area contributed by atoms with E-state index in [0.717, 1.165) is 0 Å². The third kappa shape index (κ3) is 6.59. The summed E-state index contributed by atoms with van der Waals surface area (Å²) in [5.74, 6) is -0.677. The summed E-state index contributed by atoms with van der Waals surface area (Å²) in [4.78, 5) is 25.3. The molecule has 0 saturated heterocycles. The van der Waals surface area contributed by atoms with Crippen LogP contribution in [-0.2, 0) is 16.1 Å². The first-order valence-corrected chi connectivity index (χ1v) is 9.05. The van der Waals surface area contributed by atoms with Crippen molar-refractivity contribution in [2.45, 2.75) is 64.2 Å². The van der Waals surface area contributed by atoms with Gasteiger partial charge in [-0.1, -0.05) is 6.07 Å². The molecule has 0 radical (unpaired) electrons. The fourth-order valence-corrected chi connectivity index (χ4v) is 2.48. The van der Waals surface area contributed by atoms with Gasteiger partial charge in [0.25, 0.3) is 0 Å². The summed E-state index contributed by atoms with van der Waals surface area (Å²) in [5, 5.41) is 9.58. The monoisotopic (exact) mass is 370 g/mol. The van der Waals surface area contributed by atoms with Gasteiger partial charge in [0.05, 0.1) is 6.61 Å². The lowest BCUT2D eigenvalue weighted by atomic mass is 10.1. The van der Waals surface area contributed by atoms with Crippen LogP contribution in [0, 0.1) is 0 Å². The Morgan fingerprint density at radius 3 is 2.04 bits per heavy atom. The van der Waals surface area contributed by atoms with Crippen molar-refractivity contribution >= 4 is 23.9 Å². The maximum Gasteiger partial charge on any atom is 0.514 e. The number of aliphatic hydroxyl groups excluding tert-OH is 1. The Kier molecular flexibility index (Phi) is 6.90. The van der Waals surface area contributed by atoms with E-state index in [2.05, 4.69) is 0 Å². The number of rotatable bonds is 4. The van der Waals surface area contributed by atoms with Gasteiger partial charge in [-0.15, -0.1) is 11.8 Å². The maximum atomic E-state index is 12.6. The van der Waals surface area contributed by atoms with Gasteiger partial charge in [0.15, 0.2) is 5.75 Å². The molecule has 1 aromatic carbocycles. The number of aliphatic hydroxyl groups is 1. The minimum Gasteiger partial charge on any atom is -0.456 e. The summed E-state index contributed by atoms with van der Waals surface area (Å²) in [6, 6.07) is 3.27. The molecule has 0 aliphatic carbocycles. The molecule has 0 amide bonds. The second-order valence-electron chi connectivity index (χ2n) is 7.36. The zero-order valence-electron chi connectivity index (χ0n) is 15.8. The van der Waals surface area contributed by atoms with Crippen molar-refractivity contribution in [3.63, 3.8) is 0 Å². The highest BCUT2D eigenvalue weighted by Gasteiger charge is 2.28. The first-order valence-electron chi connectivity index (χ1n) is 7.83. The van der Waals surface area contributed by atoms with Crippen molar-refractivity contribution in [3.8, 4) is 5.75 Å². The molecule has 0 fully saturated rings. The second kappa shape index (κ2) is 8.10. The average molecular weight is 370 g/mol. The zero-order chi connectivity index (χ0) is 19.4. The standard InChI is InChI=1S/C18H26O6S/c1-17(2,3)23-15(20)13-12(25-7)9-8-11(10-19)14(13)22-16(21)24-18(4,5)6/h8-9,19H,10H2,1-7H3. The highest BCUT2D eigenvalue weighted by Crippen LogP contribution is 2.34. The molecule has 25 heavy (non-hydrogen) atoms. The Hall–Kier alpha value is -1.73. The molecule has 0 saturated carbocycles. The van der Waals surface area contributed by atoms with Crippen molar-refractivity contribution < 1.29 is 28.9 Å². The molecule has 0 aliphatic heterocycles. The van der Waals surface area contributed by atoms with Gasteiger partial charge < -0.3 is 19.3 Å². The number of carbonyl (C=O) groups excluding carboxylic acids is 2. The molecule has 1 N–H and O–H groups in total. The van der Waals surface area contributed by atoms with E-state index in [-0.39, 0.29) is 11.3 Å². The van der Waals surface area contributed by atoms with Crippen LogP contribution in [-0.4, -0.2) is 34.7 Å². The third-order valence-electron chi connectivity index (χ3n) is 2.77. The predicted octanol–water partition coefficient (Wildman–Crippen LogP) is 4.17. The fraction of sp³-hybridized carbons (Fsp3) is 0.556. The van der Waals surface area contributed by atoms with E-state index in [1.807, 2.05) is 0 Å². The van der Waals surface area contributed by atoms with Crippen molar-refractivity contribution in [2.75, 3.05) is 6.26 Å². The van der Waals surface area contributed by atoms with Gasteiger partial charge in [0.2, 0.25) is 0 Å². The van der Waals surface area contributed by atoms with Gasteiger partial charge in [-0.05, 0) is 53.9 Å². The Morgan fingerprint density at radius 2 is 1.60 bits per heavy atom. The number of ether oxygens (including phenoxy) is 3. The summed E-state index contributed by atoms with van der Waals surface area (Å²) in [6.07, 6.45) is 0.837. The number of carbonyl (C=O) groups is 2. The minimum absolute atomic E-state index is 0.0437. The van der Waals surface area contributed by atoms with Gasteiger partial charge in [-0.25, -0.2) is 9.59 Å². The van der Waals surface area contributed by atoms with Crippen LogP contribution in [0.1, 0.15) is 57.5 Å². The lowest BCUT2D eigenvalue weighted by Gasteiger charge is -2.23. The second-order valence-corrected chi connectivity index (χ2v) is 8.21. The average Bonchev–Trinajstić information content (AvgIpc) is 2.42. The topological polar surface area (TPSA) is 82.1 Å². The highest BCUT2D eigenvalue weighted by atomic mass is 32.2. The van der Waals surface area contributed by atoms with Crippen LogP contribution in [0.5, 0.6) is 5.75 Å². The van der Waals surface area contributed by atoms with Gasteiger partial charge in [-0.3, -0.25) is 0 Å². The molecule has 140 valence electrons. The first-order chi connectivity index (χ1) is 11.4. The molecule has 6 nitrogen and oxygen atoms in total. The molecule has 0 heterocycles. The highest BCUT2D eigenvalue weighted by molar-refractivity contribution is 7.98. The van der Waals surface area contributed by atoms with Crippen LogP contribution in [0.15, 0.2) is 17.0 Å². The molecule has 0 aromatic heterocycles. The minimum atomic E-state index is -0.953. The predicted molar refractivity (Wildman–Crippen MR) is 96.2 cm³/mol. The molecule has 1 aromatic rings. The summed E-state index contributed by atoms with van der Waals surface area (Å²) >= 11 is 1.31. The lowest BCUT2D eigenvalue weighted by Crippen LogP contribution is -2.28. The first kappa shape index (κ1) is 21.3. The quantitative estimate of drug-likeness (QED) is 0.484. The van der Waals surface area contributed by atoms with Crippen LogP contribution < -0.4 is 4.74 Å². The van der Waals surface area contributed by atoms with Crippen LogP contribution in [0.2, 0.25) is 0 Å². The van der Waals surface area contributed by atoms with E-state index in [0.29, 0.717) is 10.5 Å². The summed E-state index contributed by atoms with van der Waals surface area (Å²) < 4.78 is 15.9. The van der Waals surface area contributed by atoms with Crippen molar-refractivity contribution in [1.82, 2.24) is 0 Å². The summed E-state index contributed by atoms with van der Waals surface area (Å²) in [6.45, 7) is 9.94. The summed E-state index contributed by atoms with van der Waals surface area (Å²) in [5.41, 5.74) is -1.07. The lowest BCUT2D eigenvalue weighted by molar-refractivity contribution is 0.00558. The third-order valence-corrected chi connectivity index (χ3v) is 3.55. The molecule has 0 aliphatic rings. The molecule has 0 spiro atoms. The van der Waals surface area contributed by atoms with Crippen LogP contribution >= 0.6 is 11.8 Å². The Morgan fingerprint density at radius 1 is 1.04 bits per heavy atom. The number of hydrogen-bond acceptors (Lipinski definition) is 7. The van der Waals surface area contributed by atoms with E-state index in [4.69, 9.17) is 14.2 Å². The van der Waals surface area contributed by atoms with E-state index < -0.39 is 29.9 Å². The van der Waals surface area contributed by atoms with Crippen LogP contribution in [0.3, 0.4) is 0 Å². The van der Waals surface area contributed by atoms with E-state index in [1.165, 1.54) is 11.8 Å². The van der Waals surface area contributed by atoms with Gasteiger partial charge in [0, 0.05) is 10.5 Å². The van der Waals surface area contributed by atoms with E-state index in [9.17, 15) is 14.7 Å². The Balaban J connectivity index is 3.36. The molecule has 0 atom stereocenters. The van der Waals surface area contributed by atoms with Gasteiger partial charge >= 0.3 is 12.1 Å². The van der Waals surface area contributed by atoms with Gasteiger partial charge in [-0.2, -0.15) is 0 Å². The van der Waals surface area contributed by atoms with Crippen molar-refractivity contribution in [1.29, 1.82) is 0 Å². The van der Waals surface area contributed by atoms with Crippen LogP contribution in [0.4, 0.5) is 4.79 Å². The molecular formula is C18H26O6S. The Bertz CT molecular complexity index is 640. The van der Waals surface area contributed by atoms with Crippen molar-refractivity contribution in [2.24, 2.45) is 0 Å². The number of esters is 1. The molecule has 0 unspecified atom stereocenters. The molecule has 7 heteroatoms. The SMILES string of the molecule is CSc1ccc(CO)c(OC(=O)OC(C)(C)C)c1C(=O)OC(C)(C)C. The molecule has 1 rings (SSSR count). The maximum absolute atomic E-state index is 12.6. The van der Waals surface area contributed by atoms with Gasteiger partial charge in [0.1, 0.15) is 16.8 Å². The fourth-order valence-electron chi connectivity index (χ4n) is 1.90. The largest absolute Gasteiger partial charge is 0.514 e. The molecular weight excluding hydrogens is 344 g/mol. The molecule has 0 bridgehead atoms. The van der Waals surface area contributed by atoms with Crippen molar-refractivity contribution in [3.05, 3.63) is 23.3 Å². The Labute approximate surface area is 152 Å².